The van der Waals surface area contributed by atoms with Crippen molar-refractivity contribution in [3.63, 3.8) is 0 Å². The molecule has 3 aliphatic rings. The van der Waals surface area contributed by atoms with E-state index in [1.807, 2.05) is 0 Å². The van der Waals surface area contributed by atoms with E-state index in [1.54, 1.807) is 0 Å². The lowest BCUT2D eigenvalue weighted by atomic mass is 9.82. The van der Waals surface area contributed by atoms with Crippen molar-refractivity contribution >= 4 is 6.09 Å². The summed E-state index contributed by atoms with van der Waals surface area (Å²) in [5.74, 6) is 0.594. The average Bonchev–Trinajstić information content (AvgIpc) is 2.39. The van der Waals surface area contributed by atoms with Crippen LogP contribution < -0.4 is 5.32 Å². The molecule has 3 fully saturated rings. The smallest absolute Gasteiger partial charge is 0.410 e. The molecule has 1 amide bonds. The number of carbonyl (C=O) groups is 1. The van der Waals surface area contributed by atoms with Gasteiger partial charge in [0.15, 0.2) is 0 Å². The molecule has 2 aliphatic heterocycles. The third-order valence-corrected chi connectivity index (χ3v) is 4.56. The third kappa shape index (κ3) is 2.15. The van der Waals surface area contributed by atoms with Gasteiger partial charge in [-0.05, 0) is 38.8 Å². The molecule has 0 spiro atoms. The Kier molecular flexibility index (Phi) is 3.23. The predicted octanol–water partition coefficient (Wildman–Crippen LogP) is 1.75. The Morgan fingerprint density at radius 3 is 2.71 bits per heavy atom. The molecule has 0 unspecified atom stereocenters. The number of nitrogens with zero attached hydrogens (tertiary/aromatic N) is 1. The second-order valence-electron chi connectivity index (χ2n) is 5.58. The number of nitrogens with one attached hydrogen (secondary N) is 1. The maximum atomic E-state index is 12.0. The highest BCUT2D eigenvalue weighted by molar-refractivity contribution is 5.69. The van der Waals surface area contributed by atoms with E-state index in [4.69, 9.17) is 4.74 Å². The van der Waals surface area contributed by atoms with Gasteiger partial charge in [-0.3, -0.25) is 0 Å². The van der Waals surface area contributed by atoms with Gasteiger partial charge in [0, 0.05) is 18.0 Å². The van der Waals surface area contributed by atoms with Gasteiger partial charge in [0.05, 0.1) is 6.61 Å². The summed E-state index contributed by atoms with van der Waals surface area (Å²) in [5, 5.41) is 3.36. The highest BCUT2D eigenvalue weighted by Gasteiger charge is 2.42. The lowest BCUT2D eigenvalue weighted by Gasteiger charge is -2.47. The molecule has 0 aromatic heterocycles. The van der Waals surface area contributed by atoms with E-state index in [1.165, 1.54) is 25.7 Å². The van der Waals surface area contributed by atoms with Crippen LogP contribution in [-0.2, 0) is 4.74 Å². The second-order valence-corrected chi connectivity index (χ2v) is 5.58. The molecular weight excluding hydrogens is 216 g/mol. The van der Waals surface area contributed by atoms with Crippen LogP contribution >= 0.6 is 0 Å². The van der Waals surface area contributed by atoms with Gasteiger partial charge in [0.25, 0.3) is 0 Å². The minimum absolute atomic E-state index is 0.0555. The van der Waals surface area contributed by atoms with Crippen molar-refractivity contribution in [2.24, 2.45) is 5.92 Å². The maximum Gasteiger partial charge on any atom is 0.410 e. The van der Waals surface area contributed by atoms with E-state index in [0.717, 1.165) is 25.9 Å². The highest BCUT2D eigenvalue weighted by atomic mass is 16.6. The van der Waals surface area contributed by atoms with E-state index in [0.29, 0.717) is 24.6 Å². The summed E-state index contributed by atoms with van der Waals surface area (Å²) >= 11 is 0. The zero-order valence-electron chi connectivity index (χ0n) is 10.4. The van der Waals surface area contributed by atoms with Crippen molar-refractivity contribution in [2.45, 2.75) is 50.6 Å². The Morgan fingerprint density at radius 2 is 1.88 bits per heavy atom. The molecule has 0 aromatic carbocycles. The molecule has 4 heteroatoms. The first-order valence-electron chi connectivity index (χ1n) is 7.02. The van der Waals surface area contributed by atoms with Gasteiger partial charge in [-0.15, -0.1) is 0 Å². The van der Waals surface area contributed by atoms with Crippen molar-refractivity contribution in [3.05, 3.63) is 0 Å². The van der Waals surface area contributed by atoms with Crippen molar-refractivity contribution in [1.29, 1.82) is 0 Å². The molecule has 4 nitrogen and oxygen atoms in total. The van der Waals surface area contributed by atoms with Gasteiger partial charge in [0.2, 0.25) is 0 Å². The number of carbonyl (C=O) groups excluding carboxylic acids is 1. The van der Waals surface area contributed by atoms with Gasteiger partial charge in [0.1, 0.15) is 0 Å². The van der Waals surface area contributed by atoms with E-state index in [-0.39, 0.29) is 6.09 Å². The van der Waals surface area contributed by atoms with Crippen molar-refractivity contribution < 1.29 is 9.53 Å². The van der Waals surface area contributed by atoms with E-state index in [9.17, 15) is 4.79 Å². The van der Waals surface area contributed by atoms with Crippen LogP contribution in [0.3, 0.4) is 0 Å². The molecule has 0 bridgehead atoms. The normalized spacial score (nSPS) is 35.3. The van der Waals surface area contributed by atoms with Crippen LogP contribution in [0.1, 0.15) is 38.5 Å². The second kappa shape index (κ2) is 4.84. The predicted molar refractivity (Wildman–Crippen MR) is 64.8 cm³/mol. The standard InChI is InChI=1S/C13H22N2O2/c16-13-15(11-5-7-14-8-6-11)12-4-2-1-3-10(12)9-17-13/h10-12,14H,1-9H2/t10-,12+/m1/s1. The van der Waals surface area contributed by atoms with Crippen LogP contribution in [0.5, 0.6) is 0 Å². The first-order chi connectivity index (χ1) is 8.36. The fourth-order valence-electron chi connectivity index (χ4n) is 3.64. The lowest BCUT2D eigenvalue weighted by molar-refractivity contribution is -0.0311. The third-order valence-electron chi connectivity index (χ3n) is 4.56. The van der Waals surface area contributed by atoms with Crippen molar-refractivity contribution in [2.75, 3.05) is 19.7 Å². The van der Waals surface area contributed by atoms with Crippen molar-refractivity contribution in [3.8, 4) is 0 Å². The van der Waals surface area contributed by atoms with Gasteiger partial charge in [-0.2, -0.15) is 0 Å². The number of piperidine rings is 1. The first-order valence-corrected chi connectivity index (χ1v) is 7.02. The minimum Gasteiger partial charge on any atom is -0.449 e. The van der Waals surface area contributed by atoms with Crippen LogP contribution in [0, 0.1) is 5.92 Å². The van der Waals surface area contributed by atoms with Crippen LogP contribution in [-0.4, -0.2) is 42.8 Å². The zero-order valence-corrected chi connectivity index (χ0v) is 10.4. The van der Waals surface area contributed by atoms with Crippen LogP contribution in [0.25, 0.3) is 0 Å². The van der Waals surface area contributed by atoms with E-state index in [2.05, 4.69) is 10.2 Å². The van der Waals surface area contributed by atoms with E-state index < -0.39 is 0 Å². The molecule has 2 heterocycles. The largest absolute Gasteiger partial charge is 0.449 e. The molecule has 2 saturated heterocycles. The Balaban J connectivity index is 1.75. The van der Waals surface area contributed by atoms with Gasteiger partial charge in [-0.25, -0.2) is 4.79 Å². The number of fused-ring (bicyclic) bond motifs is 1. The summed E-state index contributed by atoms with van der Waals surface area (Å²) in [4.78, 5) is 14.1. The number of amides is 1. The molecular formula is C13H22N2O2. The van der Waals surface area contributed by atoms with Crippen LogP contribution in [0.2, 0.25) is 0 Å². The fourth-order valence-corrected chi connectivity index (χ4v) is 3.64. The molecule has 1 aliphatic carbocycles. The summed E-state index contributed by atoms with van der Waals surface area (Å²) in [5.41, 5.74) is 0. The summed E-state index contributed by atoms with van der Waals surface area (Å²) in [7, 11) is 0. The Labute approximate surface area is 103 Å². The Morgan fingerprint density at radius 1 is 1.12 bits per heavy atom. The summed E-state index contributed by atoms with van der Waals surface area (Å²) in [6.07, 6.45) is 7.11. The van der Waals surface area contributed by atoms with Gasteiger partial charge in [-0.1, -0.05) is 12.8 Å². The molecule has 17 heavy (non-hydrogen) atoms. The SMILES string of the molecule is O=C1OC[C@H]2CCCC[C@@H]2N1C1CCNCC1. The molecule has 0 aromatic rings. The molecule has 0 radical (unpaired) electrons. The van der Waals surface area contributed by atoms with Gasteiger partial charge >= 0.3 is 6.09 Å². The topological polar surface area (TPSA) is 41.6 Å². The summed E-state index contributed by atoms with van der Waals surface area (Å²) in [6.45, 7) is 2.72. The zero-order chi connectivity index (χ0) is 11.7. The van der Waals surface area contributed by atoms with Gasteiger partial charge < -0.3 is 15.0 Å². The summed E-state index contributed by atoms with van der Waals surface area (Å²) < 4.78 is 5.38. The lowest BCUT2D eigenvalue weighted by Crippen LogP contribution is -2.58. The van der Waals surface area contributed by atoms with Crippen molar-refractivity contribution in [1.82, 2.24) is 10.2 Å². The molecule has 2 atom stereocenters. The van der Waals surface area contributed by atoms with Crippen LogP contribution in [0.4, 0.5) is 4.79 Å². The Hall–Kier alpha value is -0.770. The number of ether oxygens (including phenoxy) is 1. The number of hydrogen-bond donors (Lipinski definition) is 1. The molecule has 1 saturated carbocycles. The maximum absolute atomic E-state index is 12.0. The monoisotopic (exact) mass is 238 g/mol. The van der Waals surface area contributed by atoms with Crippen LogP contribution in [0.15, 0.2) is 0 Å². The molecule has 3 rings (SSSR count). The Bertz CT molecular complexity index is 289. The fraction of sp³-hybridized carbons (Fsp3) is 0.923. The molecule has 96 valence electrons. The highest BCUT2D eigenvalue weighted by Crippen LogP contribution is 2.34. The summed E-state index contributed by atoms with van der Waals surface area (Å²) in [6, 6.07) is 0.878. The number of cyclic esters (lactones) is 1. The average molecular weight is 238 g/mol. The quantitative estimate of drug-likeness (QED) is 0.756. The minimum atomic E-state index is -0.0555. The van der Waals surface area contributed by atoms with E-state index >= 15 is 0 Å². The number of hydrogen-bond acceptors (Lipinski definition) is 3. The number of rotatable bonds is 1. The molecule has 1 N–H and O–H groups in total. The first kappa shape index (κ1) is 11.3.